The van der Waals surface area contributed by atoms with Crippen LogP contribution in [-0.4, -0.2) is 28.6 Å². The normalized spacial score (nSPS) is 11.4. The van der Waals surface area contributed by atoms with Crippen LogP contribution in [0.3, 0.4) is 0 Å². The molecule has 1 N–H and O–H groups in total. The van der Waals surface area contributed by atoms with Crippen molar-refractivity contribution in [3.63, 3.8) is 0 Å². The molecule has 2 aromatic rings. The summed E-state index contributed by atoms with van der Waals surface area (Å²) in [4.78, 5) is 13.0. The molecular weight excluding hydrogens is 262 g/mol. The minimum absolute atomic E-state index is 0.235. The summed E-state index contributed by atoms with van der Waals surface area (Å²) >= 11 is 0. The molecule has 0 spiro atoms. The van der Waals surface area contributed by atoms with Crippen LogP contribution in [0.5, 0.6) is 0 Å². The molecule has 0 saturated carbocycles. The van der Waals surface area contributed by atoms with Gasteiger partial charge in [0.2, 0.25) is 0 Å². The smallest absolute Gasteiger partial charge is 0.303 e. The summed E-state index contributed by atoms with van der Waals surface area (Å²) in [6.45, 7) is 5.99. The Balaban J connectivity index is 2.13. The Hall–Kier alpha value is -1.87. The number of carboxylic acids is 1. The minimum atomic E-state index is -0.719. The van der Waals surface area contributed by atoms with Gasteiger partial charge in [-0.25, -0.2) is 0 Å². The largest absolute Gasteiger partial charge is 0.481 e. The zero-order valence-corrected chi connectivity index (χ0v) is 12.7. The molecule has 3 heteroatoms. The standard InChI is InChI=1S/C18H23NO2/c1-14(2)19(12-6-11-18(20)21)13-16-9-5-8-15-7-3-4-10-17(15)16/h3-5,7-10,14H,6,11-13H2,1-2H3,(H,20,21). The highest BCUT2D eigenvalue weighted by atomic mass is 16.4. The van der Waals surface area contributed by atoms with Crippen molar-refractivity contribution < 1.29 is 9.90 Å². The third-order valence-corrected chi connectivity index (χ3v) is 3.82. The van der Waals surface area contributed by atoms with E-state index in [2.05, 4.69) is 61.2 Å². The highest BCUT2D eigenvalue weighted by molar-refractivity contribution is 5.85. The Morgan fingerprint density at radius 2 is 1.86 bits per heavy atom. The molecule has 0 bridgehead atoms. The van der Waals surface area contributed by atoms with Crippen LogP contribution >= 0.6 is 0 Å². The number of benzene rings is 2. The van der Waals surface area contributed by atoms with Gasteiger partial charge in [0.1, 0.15) is 0 Å². The maximum Gasteiger partial charge on any atom is 0.303 e. The van der Waals surface area contributed by atoms with Crippen molar-refractivity contribution in [3.05, 3.63) is 48.0 Å². The molecule has 0 aliphatic carbocycles. The van der Waals surface area contributed by atoms with Crippen molar-refractivity contribution >= 4 is 16.7 Å². The molecular formula is C18H23NO2. The van der Waals surface area contributed by atoms with Crippen LogP contribution in [0, 0.1) is 0 Å². The number of hydrogen-bond acceptors (Lipinski definition) is 2. The average molecular weight is 285 g/mol. The van der Waals surface area contributed by atoms with E-state index < -0.39 is 5.97 Å². The first-order valence-corrected chi connectivity index (χ1v) is 7.50. The maximum atomic E-state index is 10.7. The molecule has 0 atom stereocenters. The molecule has 0 unspecified atom stereocenters. The Morgan fingerprint density at radius 3 is 2.57 bits per heavy atom. The Bertz CT molecular complexity index is 602. The predicted octanol–water partition coefficient (Wildman–Crippen LogP) is 3.92. The molecule has 3 nitrogen and oxygen atoms in total. The zero-order valence-electron chi connectivity index (χ0n) is 12.7. The lowest BCUT2D eigenvalue weighted by atomic mass is 10.0. The van der Waals surface area contributed by atoms with E-state index in [9.17, 15) is 4.79 Å². The third-order valence-electron chi connectivity index (χ3n) is 3.82. The van der Waals surface area contributed by atoms with Gasteiger partial charge in [0.05, 0.1) is 0 Å². The third kappa shape index (κ3) is 4.30. The van der Waals surface area contributed by atoms with Crippen LogP contribution < -0.4 is 0 Å². The molecule has 112 valence electrons. The molecule has 21 heavy (non-hydrogen) atoms. The minimum Gasteiger partial charge on any atom is -0.481 e. The van der Waals surface area contributed by atoms with Gasteiger partial charge >= 0.3 is 5.97 Å². The van der Waals surface area contributed by atoms with Crippen molar-refractivity contribution in [1.82, 2.24) is 4.90 Å². The van der Waals surface area contributed by atoms with Crippen LogP contribution in [0.4, 0.5) is 0 Å². The van der Waals surface area contributed by atoms with E-state index in [1.807, 2.05) is 0 Å². The maximum absolute atomic E-state index is 10.7. The predicted molar refractivity (Wildman–Crippen MR) is 86.4 cm³/mol. The fourth-order valence-electron chi connectivity index (χ4n) is 2.60. The first kappa shape index (κ1) is 15.5. The van der Waals surface area contributed by atoms with Crippen molar-refractivity contribution in [3.8, 4) is 0 Å². The van der Waals surface area contributed by atoms with Crippen molar-refractivity contribution in [2.75, 3.05) is 6.54 Å². The molecule has 0 aliphatic rings. The second-order valence-corrected chi connectivity index (χ2v) is 5.70. The van der Waals surface area contributed by atoms with Gasteiger partial charge in [-0.15, -0.1) is 0 Å². The van der Waals surface area contributed by atoms with Gasteiger partial charge in [0.15, 0.2) is 0 Å². The van der Waals surface area contributed by atoms with Crippen molar-refractivity contribution in [2.24, 2.45) is 0 Å². The summed E-state index contributed by atoms with van der Waals surface area (Å²) in [6, 6.07) is 15.2. The van der Waals surface area contributed by atoms with Crippen LogP contribution in [0.15, 0.2) is 42.5 Å². The summed E-state index contributed by atoms with van der Waals surface area (Å²) < 4.78 is 0. The highest BCUT2D eigenvalue weighted by Gasteiger charge is 2.12. The summed E-state index contributed by atoms with van der Waals surface area (Å²) in [6.07, 6.45) is 0.928. The monoisotopic (exact) mass is 285 g/mol. The van der Waals surface area contributed by atoms with Gasteiger partial charge in [0.25, 0.3) is 0 Å². The summed E-state index contributed by atoms with van der Waals surface area (Å²) in [5.41, 5.74) is 1.30. The van der Waals surface area contributed by atoms with Crippen molar-refractivity contribution in [1.29, 1.82) is 0 Å². The SMILES string of the molecule is CC(C)N(CCCC(=O)O)Cc1cccc2ccccc12. The van der Waals surface area contributed by atoms with Crippen LogP contribution in [0.2, 0.25) is 0 Å². The molecule has 0 fully saturated rings. The van der Waals surface area contributed by atoms with Gasteiger partial charge in [-0.05, 0) is 43.1 Å². The molecule has 0 aromatic heterocycles. The van der Waals surface area contributed by atoms with E-state index in [0.717, 1.165) is 13.1 Å². The number of aliphatic carboxylic acids is 1. The molecule has 0 heterocycles. The summed E-state index contributed by atoms with van der Waals surface area (Å²) in [7, 11) is 0. The first-order valence-electron chi connectivity index (χ1n) is 7.50. The Kier molecular flexibility index (Phi) is 5.34. The lowest BCUT2D eigenvalue weighted by molar-refractivity contribution is -0.137. The zero-order chi connectivity index (χ0) is 15.2. The number of fused-ring (bicyclic) bond motifs is 1. The van der Waals surface area contributed by atoms with Gasteiger partial charge in [-0.2, -0.15) is 0 Å². The quantitative estimate of drug-likeness (QED) is 0.838. The molecule has 0 aliphatic heterocycles. The highest BCUT2D eigenvalue weighted by Crippen LogP contribution is 2.21. The van der Waals surface area contributed by atoms with Crippen molar-refractivity contribution in [2.45, 2.75) is 39.3 Å². The fourth-order valence-corrected chi connectivity index (χ4v) is 2.60. The average Bonchev–Trinajstić information content (AvgIpc) is 2.46. The van der Waals surface area contributed by atoms with E-state index in [-0.39, 0.29) is 6.42 Å². The van der Waals surface area contributed by atoms with E-state index in [1.54, 1.807) is 0 Å². The van der Waals surface area contributed by atoms with Crippen LogP contribution in [0.25, 0.3) is 10.8 Å². The Morgan fingerprint density at radius 1 is 1.14 bits per heavy atom. The number of carboxylic acid groups (broad SMARTS) is 1. The molecule has 2 rings (SSSR count). The fraction of sp³-hybridized carbons (Fsp3) is 0.389. The second kappa shape index (κ2) is 7.23. The van der Waals surface area contributed by atoms with E-state index >= 15 is 0 Å². The summed E-state index contributed by atoms with van der Waals surface area (Å²) in [5.74, 6) is -0.719. The van der Waals surface area contributed by atoms with E-state index in [4.69, 9.17) is 5.11 Å². The first-order chi connectivity index (χ1) is 10.1. The van der Waals surface area contributed by atoms with Gasteiger partial charge < -0.3 is 5.11 Å². The number of hydrogen-bond donors (Lipinski definition) is 1. The van der Waals surface area contributed by atoms with Crippen LogP contribution in [0.1, 0.15) is 32.3 Å². The molecule has 0 radical (unpaired) electrons. The van der Waals surface area contributed by atoms with Crippen LogP contribution in [-0.2, 0) is 11.3 Å². The Labute approximate surface area is 126 Å². The second-order valence-electron chi connectivity index (χ2n) is 5.70. The lowest BCUT2D eigenvalue weighted by Gasteiger charge is -2.27. The van der Waals surface area contributed by atoms with Gasteiger partial charge in [-0.1, -0.05) is 42.5 Å². The lowest BCUT2D eigenvalue weighted by Crippen LogP contribution is -2.31. The van der Waals surface area contributed by atoms with Gasteiger partial charge in [-0.3, -0.25) is 9.69 Å². The number of carbonyl (C=O) groups is 1. The molecule has 0 saturated heterocycles. The topological polar surface area (TPSA) is 40.5 Å². The van der Waals surface area contributed by atoms with E-state index in [1.165, 1.54) is 16.3 Å². The van der Waals surface area contributed by atoms with Gasteiger partial charge in [0, 0.05) is 19.0 Å². The molecule has 0 amide bonds. The number of rotatable bonds is 7. The molecule has 2 aromatic carbocycles. The summed E-state index contributed by atoms with van der Waals surface area (Å²) in [5, 5.41) is 11.3. The number of nitrogens with zero attached hydrogens (tertiary/aromatic N) is 1. The van der Waals surface area contributed by atoms with E-state index in [0.29, 0.717) is 12.5 Å².